The van der Waals surface area contributed by atoms with Crippen molar-refractivity contribution in [2.75, 3.05) is 0 Å². The van der Waals surface area contributed by atoms with E-state index in [0.717, 1.165) is 18.6 Å². The van der Waals surface area contributed by atoms with E-state index >= 15 is 0 Å². The van der Waals surface area contributed by atoms with Gasteiger partial charge in [0.05, 0.1) is 12.3 Å². The molecular weight excluding hydrogens is 412 g/mol. The largest absolute Gasteiger partial charge is 0.508 e. The lowest BCUT2D eigenvalue weighted by Crippen LogP contribution is -2.20. The Balaban J connectivity index is 1.40. The quantitative estimate of drug-likeness (QED) is 0.437. The van der Waals surface area contributed by atoms with Crippen LogP contribution in [0.15, 0.2) is 84.9 Å². The van der Waals surface area contributed by atoms with Crippen LogP contribution in [0, 0.1) is 0 Å². The summed E-state index contributed by atoms with van der Waals surface area (Å²) in [6.07, 6.45) is 1.99. The SMILES string of the molecule is OCc1ccc(COc2ccc([C@@H]3c4ccc(O)cc4CC[C@@H]3c3ccccc3)cc2)nn1. The highest BCUT2D eigenvalue weighted by molar-refractivity contribution is 5.48. The molecule has 5 nitrogen and oxygen atoms in total. The number of fused-ring (bicyclic) bond motifs is 1. The number of benzene rings is 3. The number of ether oxygens (including phenoxy) is 1. The molecule has 0 saturated carbocycles. The minimum Gasteiger partial charge on any atom is -0.508 e. The summed E-state index contributed by atoms with van der Waals surface area (Å²) in [5.74, 6) is 1.67. The number of aryl methyl sites for hydroxylation is 1. The van der Waals surface area contributed by atoms with E-state index in [1.54, 1.807) is 12.1 Å². The molecule has 1 aliphatic rings. The molecule has 2 N–H and O–H groups in total. The Morgan fingerprint density at radius 1 is 0.818 bits per heavy atom. The van der Waals surface area contributed by atoms with Gasteiger partial charge < -0.3 is 14.9 Å². The van der Waals surface area contributed by atoms with Gasteiger partial charge in [-0.05, 0) is 77.4 Å². The van der Waals surface area contributed by atoms with Crippen molar-refractivity contribution >= 4 is 0 Å². The van der Waals surface area contributed by atoms with Crippen molar-refractivity contribution in [2.45, 2.75) is 37.9 Å². The first kappa shape index (κ1) is 21.2. The number of hydrogen-bond acceptors (Lipinski definition) is 5. The molecule has 1 heterocycles. The molecule has 5 heteroatoms. The zero-order valence-corrected chi connectivity index (χ0v) is 18.3. The van der Waals surface area contributed by atoms with Gasteiger partial charge in [0.15, 0.2) is 0 Å². The Kier molecular flexibility index (Phi) is 6.05. The fraction of sp³-hybridized carbons (Fsp3) is 0.214. The number of nitrogens with zero attached hydrogens (tertiary/aromatic N) is 2. The third-order valence-corrected chi connectivity index (χ3v) is 6.38. The highest BCUT2D eigenvalue weighted by Crippen LogP contribution is 2.47. The van der Waals surface area contributed by atoms with Crippen LogP contribution in [0.1, 0.15) is 51.9 Å². The fourth-order valence-electron chi connectivity index (χ4n) is 4.76. The zero-order chi connectivity index (χ0) is 22.6. The normalized spacial score (nSPS) is 17.4. The zero-order valence-electron chi connectivity index (χ0n) is 18.3. The average Bonchev–Trinajstić information content (AvgIpc) is 2.88. The van der Waals surface area contributed by atoms with Crippen LogP contribution in [0.2, 0.25) is 0 Å². The molecule has 0 saturated heterocycles. The van der Waals surface area contributed by atoms with E-state index in [2.05, 4.69) is 58.7 Å². The first-order chi connectivity index (χ1) is 16.2. The second kappa shape index (κ2) is 9.43. The minimum atomic E-state index is -0.122. The Labute approximate surface area is 193 Å². The van der Waals surface area contributed by atoms with Crippen molar-refractivity contribution in [3.8, 4) is 11.5 Å². The van der Waals surface area contributed by atoms with Gasteiger partial charge in [-0.15, -0.1) is 0 Å². The van der Waals surface area contributed by atoms with E-state index in [-0.39, 0.29) is 12.5 Å². The van der Waals surface area contributed by atoms with Crippen molar-refractivity contribution < 1.29 is 14.9 Å². The lowest BCUT2D eigenvalue weighted by atomic mass is 9.69. The van der Waals surface area contributed by atoms with Gasteiger partial charge in [0.25, 0.3) is 0 Å². The van der Waals surface area contributed by atoms with Crippen LogP contribution < -0.4 is 4.74 Å². The molecule has 0 amide bonds. The van der Waals surface area contributed by atoms with Crippen molar-refractivity contribution in [1.29, 1.82) is 0 Å². The maximum Gasteiger partial charge on any atom is 0.132 e. The van der Waals surface area contributed by atoms with Crippen LogP contribution in [0.4, 0.5) is 0 Å². The predicted molar refractivity (Wildman–Crippen MR) is 126 cm³/mol. The van der Waals surface area contributed by atoms with Crippen LogP contribution in [-0.4, -0.2) is 20.4 Å². The molecule has 0 radical (unpaired) electrons. The van der Waals surface area contributed by atoms with Crippen molar-refractivity contribution in [3.63, 3.8) is 0 Å². The lowest BCUT2D eigenvalue weighted by molar-refractivity contribution is 0.273. The number of phenols is 1. The molecule has 0 aliphatic heterocycles. The molecule has 1 aromatic heterocycles. The summed E-state index contributed by atoms with van der Waals surface area (Å²) in [7, 11) is 0. The second-order valence-corrected chi connectivity index (χ2v) is 8.45. The molecule has 3 aromatic carbocycles. The maximum atomic E-state index is 10.0. The van der Waals surface area contributed by atoms with Gasteiger partial charge in [-0.3, -0.25) is 0 Å². The van der Waals surface area contributed by atoms with Gasteiger partial charge in [0.2, 0.25) is 0 Å². The maximum absolute atomic E-state index is 10.0. The van der Waals surface area contributed by atoms with Crippen LogP contribution in [0.3, 0.4) is 0 Å². The molecule has 4 aromatic rings. The van der Waals surface area contributed by atoms with Crippen LogP contribution in [-0.2, 0) is 19.6 Å². The standard InChI is InChI=1S/C28H26N2O3/c31-17-22-9-10-23(30-29-22)18-33-25-12-6-20(7-13-25)28-26(19-4-2-1-3-5-19)14-8-21-16-24(32)11-15-27(21)28/h1-7,9-13,15-16,26,28,31-32H,8,14,17-18H2/t26-,28+/m1/s1. The number of aromatic nitrogens is 2. The van der Waals surface area contributed by atoms with Gasteiger partial charge in [0, 0.05) is 5.92 Å². The van der Waals surface area contributed by atoms with Crippen molar-refractivity contribution in [1.82, 2.24) is 10.2 Å². The van der Waals surface area contributed by atoms with Gasteiger partial charge in [-0.25, -0.2) is 0 Å². The first-order valence-corrected chi connectivity index (χ1v) is 11.2. The number of aliphatic hydroxyl groups is 1. The number of hydrogen-bond donors (Lipinski definition) is 2. The van der Waals surface area contributed by atoms with Gasteiger partial charge >= 0.3 is 0 Å². The number of aromatic hydroxyl groups is 1. The summed E-state index contributed by atoms with van der Waals surface area (Å²) in [5.41, 5.74) is 6.32. The summed E-state index contributed by atoms with van der Waals surface area (Å²) >= 11 is 0. The summed E-state index contributed by atoms with van der Waals surface area (Å²) in [6.45, 7) is 0.194. The van der Waals surface area contributed by atoms with E-state index in [1.807, 2.05) is 24.3 Å². The molecule has 1 aliphatic carbocycles. The molecule has 2 atom stereocenters. The molecule has 5 rings (SSSR count). The highest BCUT2D eigenvalue weighted by Gasteiger charge is 2.32. The second-order valence-electron chi connectivity index (χ2n) is 8.45. The average molecular weight is 439 g/mol. The molecular formula is C28H26N2O3. The van der Waals surface area contributed by atoms with Crippen molar-refractivity contribution in [3.05, 3.63) is 119 Å². The lowest BCUT2D eigenvalue weighted by Gasteiger charge is -2.34. The molecule has 166 valence electrons. The topological polar surface area (TPSA) is 75.5 Å². The van der Waals surface area contributed by atoms with E-state index in [9.17, 15) is 5.11 Å². The molecule has 0 unspecified atom stereocenters. The van der Waals surface area contributed by atoms with E-state index in [1.165, 1.54) is 22.3 Å². The summed E-state index contributed by atoms with van der Waals surface area (Å²) in [5, 5.41) is 27.1. The fourth-order valence-corrected chi connectivity index (χ4v) is 4.76. The molecule has 0 fully saturated rings. The Hall–Kier alpha value is -3.70. The summed E-state index contributed by atoms with van der Waals surface area (Å²) in [4.78, 5) is 0. The third kappa shape index (κ3) is 4.59. The Bertz CT molecular complexity index is 1210. The van der Waals surface area contributed by atoms with Gasteiger partial charge in [-0.2, -0.15) is 10.2 Å². The predicted octanol–water partition coefficient (Wildman–Crippen LogP) is 5.12. The number of phenolic OH excluding ortho intramolecular Hbond substituents is 1. The van der Waals surface area contributed by atoms with Crippen LogP contribution in [0.5, 0.6) is 11.5 Å². The van der Waals surface area contributed by atoms with E-state index < -0.39 is 0 Å². The molecule has 0 bridgehead atoms. The van der Waals surface area contributed by atoms with Crippen LogP contribution >= 0.6 is 0 Å². The minimum absolute atomic E-state index is 0.122. The van der Waals surface area contributed by atoms with Gasteiger partial charge in [0.1, 0.15) is 23.8 Å². The first-order valence-electron chi connectivity index (χ1n) is 11.2. The Morgan fingerprint density at radius 2 is 1.58 bits per heavy atom. The Morgan fingerprint density at radius 3 is 2.30 bits per heavy atom. The number of aliphatic hydroxyl groups excluding tert-OH is 1. The smallest absolute Gasteiger partial charge is 0.132 e. The van der Waals surface area contributed by atoms with E-state index in [0.29, 0.717) is 29.7 Å². The van der Waals surface area contributed by atoms with Crippen LogP contribution in [0.25, 0.3) is 0 Å². The monoisotopic (exact) mass is 438 g/mol. The van der Waals surface area contributed by atoms with E-state index in [4.69, 9.17) is 9.84 Å². The highest BCUT2D eigenvalue weighted by atomic mass is 16.5. The summed E-state index contributed by atoms with van der Waals surface area (Å²) < 4.78 is 5.91. The number of rotatable bonds is 6. The third-order valence-electron chi connectivity index (χ3n) is 6.38. The molecule has 0 spiro atoms. The molecule has 33 heavy (non-hydrogen) atoms. The van der Waals surface area contributed by atoms with Crippen molar-refractivity contribution in [2.24, 2.45) is 0 Å². The summed E-state index contributed by atoms with van der Waals surface area (Å²) in [6, 6.07) is 28.3. The van der Waals surface area contributed by atoms with Gasteiger partial charge in [-0.1, -0.05) is 48.5 Å².